The normalized spacial score (nSPS) is 15.7. The van der Waals surface area contributed by atoms with Gasteiger partial charge in [0.2, 0.25) is 0 Å². The monoisotopic (exact) mass is 631 g/mol. The van der Waals surface area contributed by atoms with Crippen LogP contribution in [0.15, 0.2) is 42.0 Å². The number of benzene rings is 2. The minimum atomic E-state index is -3.73. The number of methoxy groups -OCH3 is 1. The number of hydrogen-bond acceptors (Lipinski definition) is 7. The molecule has 10 heteroatoms. The van der Waals surface area contributed by atoms with Crippen LogP contribution in [0.3, 0.4) is 0 Å². The smallest absolute Gasteiger partial charge is 0.342 e. The topological polar surface area (TPSA) is 94.5 Å². The molecule has 1 aliphatic heterocycles. The van der Waals surface area contributed by atoms with Gasteiger partial charge in [-0.25, -0.2) is 4.79 Å². The first-order chi connectivity index (χ1) is 20.2. The van der Waals surface area contributed by atoms with Gasteiger partial charge in [0.15, 0.2) is 0 Å². The van der Waals surface area contributed by atoms with E-state index in [4.69, 9.17) is 18.7 Å². The molecule has 2 unspecified atom stereocenters. The molecule has 0 amide bonds. The molecule has 8 nitrogen and oxygen atoms in total. The summed E-state index contributed by atoms with van der Waals surface area (Å²) in [7, 11) is -3.44. The molecule has 0 bridgehead atoms. The molecule has 238 valence electrons. The molecular weight excluding hydrogens is 581 g/mol. The summed E-state index contributed by atoms with van der Waals surface area (Å²) in [5.74, 6) is 0.924. The van der Waals surface area contributed by atoms with Crippen molar-refractivity contribution in [3.63, 3.8) is 0 Å². The molecule has 3 rings (SSSR count). The maximum atomic E-state index is 12.8. The molecular formula is C33H50NO7PSi. The van der Waals surface area contributed by atoms with Crippen LogP contribution in [0.2, 0.25) is 25.7 Å². The first kappa shape index (κ1) is 35.1. The summed E-state index contributed by atoms with van der Waals surface area (Å²) in [6.45, 7) is 17.0. The highest BCUT2D eigenvalue weighted by molar-refractivity contribution is 7.52. The molecule has 1 N–H and O–H groups in total. The summed E-state index contributed by atoms with van der Waals surface area (Å²) >= 11 is 0. The van der Waals surface area contributed by atoms with Gasteiger partial charge in [-0.05, 0) is 50.8 Å². The van der Waals surface area contributed by atoms with Gasteiger partial charge in [0.1, 0.15) is 23.7 Å². The van der Waals surface area contributed by atoms with Crippen LogP contribution in [-0.2, 0) is 33.4 Å². The van der Waals surface area contributed by atoms with Gasteiger partial charge in [0, 0.05) is 38.8 Å². The molecule has 0 aliphatic carbocycles. The second-order valence-electron chi connectivity index (χ2n) is 12.7. The number of esters is 1. The van der Waals surface area contributed by atoms with Crippen LogP contribution < -0.4 is 9.47 Å². The SMILES string of the molecule is CCC(C)OP(=O)(O)CCN(CC(C)=CCc1c(OC)c(C)c2c(c1OCC[Si](C)(C)C)C(=O)OC2)Cc1ccccc1. The number of allylic oxidation sites excluding steroid dienone is 1. The molecule has 2 aromatic carbocycles. The lowest BCUT2D eigenvalue weighted by Crippen LogP contribution is -2.28. The number of rotatable bonds is 17. The van der Waals surface area contributed by atoms with Crippen molar-refractivity contribution < 1.29 is 33.0 Å². The molecule has 0 saturated carbocycles. The fourth-order valence-corrected chi connectivity index (χ4v) is 7.12. The van der Waals surface area contributed by atoms with Crippen molar-refractivity contribution >= 4 is 21.6 Å². The molecule has 0 fully saturated rings. The second kappa shape index (κ2) is 15.5. The lowest BCUT2D eigenvalue weighted by Gasteiger charge is -2.25. The molecule has 1 aliphatic rings. The van der Waals surface area contributed by atoms with Crippen LogP contribution >= 0.6 is 7.60 Å². The van der Waals surface area contributed by atoms with E-state index < -0.39 is 15.7 Å². The van der Waals surface area contributed by atoms with Crippen molar-refractivity contribution in [3.8, 4) is 11.5 Å². The standard InChI is InChI=1S/C33H50NO7PSi/c1-9-25(3)41-42(36,37)19-17-34(22-27-13-11-10-12-14-27)21-24(2)15-16-28-31(38-5)26(4)29-23-40-33(35)30(29)32(28)39-18-20-43(6,7)8/h10-15,25H,9,16-23H2,1-8H3,(H,36,37). The molecule has 0 spiro atoms. The van der Waals surface area contributed by atoms with E-state index >= 15 is 0 Å². The quantitative estimate of drug-likeness (QED) is 0.0837. The first-order valence-electron chi connectivity index (χ1n) is 15.2. The summed E-state index contributed by atoms with van der Waals surface area (Å²) < 4.78 is 35.9. The van der Waals surface area contributed by atoms with E-state index in [2.05, 4.69) is 49.7 Å². The summed E-state index contributed by atoms with van der Waals surface area (Å²) in [6.07, 6.45) is 3.08. The summed E-state index contributed by atoms with van der Waals surface area (Å²) in [4.78, 5) is 25.5. The van der Waals surface area contributed by atoms with Crippen LogP contribution in [0.1, 0.15) is 59.8 Å². The molecule has 2 atom stereocenters. The average molecular weight is 632 g/mol. The van der Waals surface area contributed by atoms with Crippen LogP contribution in [0.5, 0.6) is 11.5 Å². The third-order valence-corrected chi connectivity index (χ3v) is 10.9. The van der Waals surface area contributed by atoms with Crippen LogP contribution in [0.4, 0.5) is 0 Å². The number of cyclic esters (lactones) is 1. The third-order valence-electron chi connectivity index (χ3n) is 7.72. The van der Waals surface area contributed by atoms with Gasteiger partial charge in [0.25, 0.3) is 0 Å². The Hall–Kier alpha value is -2.42. The maximum absolute atomic E-state index is 12.8. The number of carbonyl (C=O) groups excluding carboxylic acids is 1. The van der Waals surface area contributed by atoms with Crippen LogP contribution in [0, 0.1) is 6.92 Å². The van der Waals surface area contributed by atoms with Crippen molar-refractivity contribution in [1.82, 2.24) is 4.90 Å². The fourth-order valence-electron chi connectivity index (χ4n) is 5.05. The van der Waals surface area contributed by atoms with Gasteiger partial charge in [0.05, 0.1) is 26.0 Å². The Kier molecular flexibility index (Phi) is 12.7. The van der Waals surface area contributed by atoms with E-state index in [-0.39, 0.29) is 24.8 Å². The lowest BCUT2D eigenvalue weighted by atomic mass is 9.94. The maximum Gasteiger partial charge on any atom is 0.342 e. The Bertz CT molecular complexity index is 1320. The van der Waals surface area contributed by atoms with Crippen molar-refractivity contribution in [2.24, 2.45) is 0 Å². The van der Waals surface area contributed by atoms with Gasteiger partial charge in [-0.3, -0.25) is 9.46 Å². The number of ether oxygens (including phenoxy) is 3. The number of hydrogen-bond donors (Lipinski definition) is 1. The van der Waals surface area contributed by atoms with E-state index in [9.17, 15) is 14.3 Å². The minimum Gasteiger partial charge on any atom is -0.496 e. The Morgan fingerprint density at radius 3 is 2.53 bits per heavy atom. The van der Waals surface area contributed by atoms with Crippen molar-refractivity contribution in [2.75, 3.05) is 33.0 Å². The Morgan fingerprint density at radius 2 is 1.91 bits per heavy atom. The molecule has 1 heterocycles. The number of nitrogens with zero attached hydrogens (tertiary/aromatic N) is 1. The van der Waals surface area contributed by atoms with Crippen LogP contribution in [0.25, 0.3) is 0 Å². The summed E-state index contributed by atoms with van der Waals surface area (Å²) in [5, 5.41) is 0. The van der Waals surface area contributed by atoms with Crippen molar-refractivity contribution in [2.45, 2.75) is 85.5 Å². The Balaban J connectivity index is 1.87. The number of fused-ring (bicyclic) bond motifs is 1. The van der Waals surface area contributed by atoms with Gasteiger partial charge in [-0.1, -0.05) is 68.5 Å². The summed E-state index contributed by atoms with van der Waals surface area (Å²) in [5.41, 5.74) is 5.29. The third kappa shape index (κ3) is 10.3. The minimum absolute atomic E-state index is 0.0481. The lowest BCUT2D eigenvalue weighted by molar-refractivity contribution is 0.0532. The summed E-state index contributed by atoms with van der Waals surface area (Å²) in [6, 6.07) is 11.0. The average Bonchev–Trinajstić information content (AvgIpc) is 3.33. The van der Waals surface area contributed by atoms with Crippen LogP contribution in [-0.4, -0.2) is 62.9 Å². The molecule has 0 saturated heterocycles. The molecule has 0 radical (unpaired) electrons. The highest BCUT2D eigenvalue weighted by Crippen LogP contribution is 2.44. The largest absolute Gasteiger partial charge is 0.496 e. The Morgan fingerprint density at radius 1 is 1.21 bits per heavy atom. The fraction of sp³-hybridized carbons (Fsp3) is 0.545. The zero-order valence-electron chi connectivity index (χ0n) is 27.2. The van der Waals surface area contributed by atoms with E-state index in [1.165, 1.54) is 0 Å². The van der Waals surface area contributed by atoms with Gasteiger partial charge < -0.3 is 23.6 Å². The van der Waals surface area contributed by atoms with E-state index in [0.717, 1.165) is 33.9 Å². The van der Waals surface area contributed by atoms with Gasteiger partial charge in [-0.2, -0.15) is 0 Å². The second-order valence-corrected chi connectivity index (χ2v) is 20.2. The van der Waals surface area contributed by atoms with Crippen molar-refractivity contribution in [1.29, 1.82) is 0 Å². The predicted octanol–water partition coefficient (Wildman–Crippen LogP) is 7.38. The van der Waals surface area contributed by atoms with E-state index in [1.54, 1.807) is 7.11 Å². The Labute approximate surface area is 258 Å². The van der Waals surface area contributed by atoms with Crippen molar-refractivity contribution in [3.05, 3.63) is 69.8 Å². The zero-order chi connectivity index (χ0) is 31.8. The molecule has 43 heavy (non-hydrogen) atoms. The van der Waals surface area contributed by atoms with Gasteiger partial charge >= 0.3 is 13.6 Å². The van der Waals surface area contributed by atoms with Gasteiger partial charge in [-0.15, -0.1) is 0 Å². The number of carbonyl (C=O) groups is 1. The highest BCUT2D eigenvalue weighted by atomic mass is 31.2. The zero-order valence-corrected chi connectivity index (χ0v) is 29.1. The van der Waals surface area contributed by atoms with E-state index in [0.29, 0.717) is 56.1 Å². The predicted molar refractivity (Wildman–Crippen MR) is 175 cm³/mol. The van der Waals surface area contributed by atoms with E-state index in [1.807, 2.05) is 39.0 Å². The molecule has 2 aromatic rings. The molecule has 0 aromatic heterocycles. The highest BCUT2D eigenvalue weighted by Gasteiger charge is 2.33. The first-order valence-corrected chi connectivity index (χ1v) is 20.7.